The predicted molar refractivity (Wildman–Crippen MR) is 106 cm³/mol. The normalized spacial score (nSPS) is 9.96. The number of benzene rings is 2. The number of thiocarbonyl (C=S) groups is 1. The number of rotatable bonds is 7. The summed E-state index contributed by atoms with van der Waals surface area (Å²) in [6.45, 7) is 2.36. The lowest BCUT2D eigenvalue weighted by atomic mass is 10.2. The topological polar surface area (TPSA) is 68.8 Å². The molecule has 138 valence electrons. The molecule has 7 heteroatoms. The minimum Gasteiger partial charge on any atom is -0.497 e. The maximum absolute atomic E-state index is 11.8. The number of methoxy groups -OCH3 is 2. The molecule has 0 fully saturated rings. The summed E-state index contributed by atoms with van der Waals surface area (Å²) < 4.78 is 15.6. The Morgan fingerprint density at radius 3 is 2.38 bits per heavy atom. The van der Waals surface area contributed by atoms with Gasteiger partial charge in [-0.2, -0.15) is 0 Å². The van der Waals surface area contributed by atoms with Gasteiger partial charge in [-0.1, -0.05) is 6.92 Å². The van der Waals surface area contributed by atoms with Crippen molar-refractivity contribution in [3.05, 3.63) is 48.0 Å². The Kier molecular flexibility index (Phi) is 7.23. The smallest absolute Gasteiger partial charge is 0.338 e. The summed E-state index contributed by atoms with van der Waals surface area (Å²) in [5.41, 5.74) is 1.97. The molecule has 0 amide bonds. The zero-order valence-corrected chi connectivity index (χ0v) is 15.8. The molecule has 0 saturated heterocycles. The first kappa shape index (κ1) is 19.5. The second-order valence-electron chi connectivity index (χ2n) is 5.36. The Labute approximate surface area is 158 Å². The molecule has 0 aliphatic carbocycles. The van der Waals surface area contributed by atoms with Crippen LogP contribution in [0.2, 0.25) is 0 Å². The number of carbonyl (C=O) groups is 1. The van der Waals surface area contributed by atoms with Crippen LogP contribution in [0.3, 0.4) is 0 Å². The van der Waals surface area contributed by atoms with E-state index in [1.165, 1.54) is 0 Å². The molecule has 0 heterocycles. The molecule has 0 unspecified atom stereocenters. The minimum atomic E-state index is -0.331. The fourth-order valence-electron chi connectivity index (χ4n) is 2.15. The molecular weight excluding hydrogens is 352 g/mol. The predicted octanol–water partition coefficient (Wildman–Crippen LogP) is 4.08. The second-order valence-corrected chi connectivity index (χ2v) is 5.77. The molecule has 6 nitrogen and oxygen atoms in total. The number of hydrogen-bond acceptors (Lipinski definition) is 5. The van der Waals surface area contributed by atoms with Gasteiger partial charge in [-0.15, -0.1) is 0 Å². The van der Waals surface area contributed by atoms with Crippen LogP contribution in [0.5, 0.6) is 11.5 Å². The average molecular weight is 374 g/mol. The van der Waals surface area contributed by atoms with E-state index in [-0.39, 0.29) is 5.97 Å². The number of anilines is 2. The number of hydrogen-bond donors (Lipinski definition) is 2. The third-order valence-electron chi connectivity index (χ3n) is 3.47. The molecule has 26 heavy (non-hydrogen) atoms. The molecule has 0 saturated carbocycles. The summed E-state index contributed by atoms with van der Waals surface area (Å²) in [7, 11) is 3.17. The highest BCUT2D eigenvalue weighted by molar-refractivity contribution is 7.80. The molecule has 0 aliphatic heterocycles. The van der Waals surface area contributed by atoms with Crippen molar-refractivity contribution in [1.29, 1.82) is 0 Å². The Morgan fingerprint density at radius 1 is 1.04 bits per heavy atom. The molecular formula is C19H22N2O4S. The standard InChI is InChI=1S/C19H22N2O4S/c1-4-11-25-18(22)13-5-7-14(8-6-13)20-19(26)21-16-10-9-15(23-2)12-17(16)24-3/h5-10,12H,4,11H2,1-3H3,(H2,20,21,26). The first-order valence-electron chi connectivity index (χ1n) is 8.14. The fourth-order valence-corrected chi connectivity index (χ4v) is 2.38. The molecule has 0 spiro atoms. The monoisotopic (exact) mass is 374 g/mol. The second kappa shape index (κ2) is 9.62. The van der Waals surface area contributed by atoms with Crippen LogP contribution < -0.4 is 20.1 Å². The van der Waals surface area contributed by atoms with Gasteiger partial charge in [0.05, 0.1) is 32.1 Å². The number of esters is 1. The molecule has 0 aliphatic rings. The molecule has 0 atom stereocenters. The third-order valence-corrected chi connectivity index (χ3v) is 3.68. The Balaban J connectivity index is 1.98. The van der Waals surface area contributed by atoms with Crippen LogP contribution in [-0.4, -0.2) is 31.9 Å². The quantitative estimate of drug-likeness (QED) is 0.559. The SMILES string of the molecule is CCCOC(=O)c1ccc(NC(=S)Nc2ccc(OC)cc2OC)cc1. The van der Waals surface area contributed by atoms with Crippen molar-refractivity contribution in [2.24, 2.45) is 0 Å². The largest absolute Gasteiger partial charge is 0.497 e. The summed E-state index contributed by atoms with van der Waals surface area (Å²) in [6, 6.07) is 12.3. The van der Waals surface area contributed by atoms with Gasteiger partial charge >= 0.3 is 5.97 Å². The van der Waals surface area contributed by atoms with Crippen LogP contribution in [0.15, 0.2) is 42.5 Å². The van der Waals surface area contributed by atoms with Crippen LogP contribution in [0.1, 0.15) is 23.7 Å². The van der Waals surface area contributed by atoms with E-state index in [0.29, 0.717) is 34.5 Å². The van der Waals surface area contributed by atoms with Crippen molar-refractivity contribution < 1.29 is 19.0 Å². The molecule has 2 aromatic carbocycles. The third kappa shape index (κ3) is 5.35. The van der Waals surface area contributed by atoms with E-state index in [9.17, 15) is 4.79 Å². The number of nitrogens with one attached hydrogen (secondary N) is 2. The Hall–Kier alpha value is -2.80. The van der Waals surface area contributed by atoms with Gasteiger partial charge in [-0.25, -0.2) is 4.79 Å². The zero-order chi connectivity index (χ0) is 18.9. The van der Waals surface area contributed by atoms with Gasteiger partial charge in [0.25, 0.3) is 0 Å². The van der Waals surface area contributed by atoms with E-state index in [4.69, 9.17) is 26.4 Å². The van der Waals surface area contributed by atoms with E-state index in [1.807, 2.05) is 19.1 Å². The van der Waals surface area contributed by atoms with Crippen LogP contribution in [0.25, 0.3) is 0 Å². The highest BCUT2D eigenvalue weighted by atomic mass is 32.1. The molecule has 0 aromatic heterocycles. The van der Waals surface area contributed by atoms with E-state index >= 15 is 0 Å². The summed E-state index contributed by atoms with van der Waals surface area (Å²) in [5, 5.41) is 6.53. The Bertz CT molecular complexity index is 763. The van der Waals surface area contributed by atoms with E-state index in [1.54, 1.807) is 44.6 Å². The molecule has 2 aromatic rings. The van der Waals surface area contributed by atoms with Crippen molar-refractivity contribution in [1.82, 2.24) is 0 Å². The Morgan fingerprint density at radius 2 is 1.77 bits per heavy atom. The summed E-state index contributed by atoms with van der Waals surface area (Å²) in [6.07, 6.45) is 0.792. The van der Waals surface area contributed by atoms with E-state index in [2.05, 4.69) is 10.6 Å². The van der Waals surface area contributed by atoms with Crippen molar-refractivity contribution in [2.45, 2.75) is 13.3 Å². The lowest BCUT2D eigenvalue weighted by molar-refractivity contribution is 0.0505. The highest BCUT2D eigenvalue weighted by Crippen LogP contribution is 2.29. The fraction of sp³-hybridized carbons (Fsp3) is 0.263. The minimum absolute atomic E-state index is 0.331. The first-order chi connectivity index (χ1) is 12.6. The summed E-state index contributed by atoms with van der Waals surface area (Å²) in [5.74, 6) is 0.974. The van der Waals surface area contributed by atoms with Crippen molar-refractivity contribution >= 4 is 34.7 Å². The van der Waals surface area contributed by atoms with E-state index < -0.39 is 0 Å². The van der Waals surface area contributed by atoms with Gasteiger partial charge in [0.15, 0.2) is 5.11 Å². The van der Waals surface area contributed by atoms with Gasteiger partial charge in [0.1, 0.15) is 11.5 Å². The van der Waals surface area contributed by atoms with Gasteiger partial charge < -0.3 is 24.8 Å². The lowest BCUT2D eigenvalue weighted by Crippen LogP contribution is -2.19. The van der Waals surface area contributed by atoms with Gasteiger partial charge in [-0.3, -0.25) is 0 Å². The van der Waals surface area contributed by atoms with Crippen molar-refractivity contribution in [3.8, 4) is 11.5 Å². The van der Waals surface area contributed by atoms with Gasteiger partial charge in [0.2, 0.25) is 0 Å². The highest BCUT2D eigenvalue weighted by Gasteiger charge is 2.09. The average Bonchev–Trinajstić information content (AvgIpc) is 2.66. The molecule has 2 rings (SSSR count). The summed E-state index contributed by atoms with van der Waals surface area (Å²) in [4.78, 5) is 11.8. The molecule has 2 N–H and O–H groups in total. The number of ether oxygens (including phenoxy) is 3. The van der Waals surface area contributed by atoms with Crippen LogP contribution in [0, 0.1) is 0 Å². The van der Waals surface area contributed by atoms with E-state index in [0.717, 1.165) is 12.1 Å². The summed E-state index contributed by atoms with van der Waals surface area (Å²) >= 11 is 5.33. The zero-order valence-electron chi connectivity index (χ0n) is 15.0. The van der Waals surface area contributed by atoms with Crippen LogP contribution in [0.4, 0.5) is 11.4 Å². The maximum Gasteiger partial charge on any atom is 0.338 e. The molecule has 0 bridgehead atoms. The first-order valence-corrected chi connectivity index (χ1v) is 8.55. The lowest BCUT2D eigenvalue weighted by Gasteiger charge is -2.14. The van der Waals surface area contributed by atoms with Crippen LogP contribution in [-0.2, 0) is 4.74 Å². The van der Waals surface area contributed by atoms with Crippen LogP contribution >= 0.6 is 12.2 Å². The van der Waals surface area contributed by atoms with Crippen molar-refractivity contribution in [2.75, 3.05) is 31.5 Å². The van der Waals surface area contributed by atoms with Gasteiger partial charge in [0, 0.05) is 11.8 Å². The van der Waals surface area contributed by atoms with Crippen molar-refractivity contribution in [3.63, 3.8) is 0 Å². The van der Waals surface area contributed by atoms with Gasteiger partial charge in [-0.05, 0) is 55.0 Å². The molecule has 0 radical (unpaired) electrons. The number of carbonyl (C=O) groups excluding carboxylic acids is 1. The maximum atomic E-state index is 11.8.